The quantitative estimate of drug-likeness (QED) is 0.0664. The molecule has 0 aliphatic heterocycles. The fourth-order valence-corrected chi connectivity index (χ4v) is 4.83. The van der Waals surface area contributed by atoms with E-state index in [0.717, 1.165) is 29.0 Å². The maximum atomic E-state index is 11.1. The van der Waals surface area contributed by atoms with Gasteiger partial charge < -0.3 is 20.9 Å². The predicted molar refractivity (Wildman–Crippen MR) is 157 cm³/mol. The average Bonchev–Trinajstić information content (AvgIpc) is 3.03. The number of anilines is 2. The van der Waals surface area contributed by atoms with Crippen LogP contribution in [0.1, 0.15) is 5.56 Å². The van der Waals surface area contributed by atoms with E-state index < -0.39 is 0 Å². The monoisotopic (exact) mass is 661 g/mol. The number of rotatable bonds is 12. The van der Waals surface area contributed by atoms with Crippen molar-refractivity contribution in [3.63, 3.8) is 0 Å². The van der Waals surface area contributed by atoms with Crippen LogP contribution in [0.3, 0.4) is 0 Å². The van der Waals surface area contributed by atoms with E-state index in [9.17, 15) is 15.6 Å². The van der Waals surface area contributed by atoms with E-state index in [0.29, 0.717) is 49.7 Å². The smallest absolute Gasteiger partial charge is 0.691 e. The van der Waals surface area contributed by atoms with Crippen molar-refractivity contribution in [1.29, 1.82) is 0 Å². The van der Waals surface area contributed by atoms with Gasteiger partial charge in [0.15, 0.2) is 5.75 Å². The molecule has 5 aromatic rings. The molecule has 16 heteroatoms. The molecule has 0 aliphatic rings. The minimum absolute atomic E-state index is 0. The first-order valence-electron chi connectivity index (χ1n) is 12.5. The second kappa shape index (κ2) is 18.7. The first-order valence-corrected chi connectivity index (χ1v) is 13.9. The number of phenols is 1. The van der Waals surface area contributed by atoms with Crippen molar-refractivity contribution in [2.45, 2.75) is 16.7 Å². The van der Waals surface area contributed by atoms with Gasteiger partial charge in [-0.2, -0.15) is 24.0 Å². The number of phenolic OH excluding ortho intramolecular Hbond substituents is 1. The summed E-state index contributed by atoms with van der Waals surface area (Å²) in [5.74, 6) is -0.135. The van der Waals surface area contributed by atoms with Gasteiger partial charge in [-0.3, -0.25) is 10.1 Å². The third-order valence-corrected chi connectivity index (χ3v) is 7.18. The summed E-state index contributed by atoms with van der Waals surface area (Å²) in [6.07, 6.45) is 0. The summed E-state index contributed by atoms with van der Waals surface area (Å²) in [5.41, 5.74) is 4.28. The van der Waals surface area contributed by atoms with Gasteiger partial charge in [-0.25, -0.2) is 0 Å². The maximum Gasteiger partial charge on any atom is 1.00 e. The van der Waals surface area contributed by atoms with Gasteiger partial charge >= 0.3 is 59.1 Å². The van der Waals surface area contributed by atoms with E-state index in [4.69, 9.17) is 0 Å². The Morgan fingerprint density at radius 1 is 0.689 bits per heavy atom. The van der Waals surface area contributed by atoms with Crippen molar-refractivity contribution >= 4 is 69.0 Å². The fourth-order valence-electron chi connectivity index (χ4n) is 3.98. The van der Waals surface area contributed by atoms with E-state index >= 15 is 0 Å². The molecule has 0 heterocycles. The minimum Gasteiger partial charge on any atom is -0.691 e. The Hall–Kier alpha value is -2.38. The number of hydrogen-bond donors (Lipinski definition) is 2. The molecule has 2 N–H and O–H groups in total. The standard InChI is InChI=1S/C29H23N5O7S2.2Na/c1-18-15-23(32-31-21-7-11-24(12-8-21)42-40-38-36)10-14-26(18)33-34-28-27(43-41-39-37)17-19-16-22(9-13-25(19)29(28)35)30-20-5-3-2-4-6-20;;/h2-17,30,35-37H,1H3;;/q;2*+1/p-2. The zero-order valence-electron chi connectivity index (χ0n) is 24.2. The Bertz CT molecular complexity index is 1770. The van der Waals surface area contributed by atoms with Crippen LogP contribution in [0.2, 0.25) is 0 Å². The maximum absolute atomic E-state index is 11.1. The second-order valence-electron chi connectivity index (χ2n) is 8.80. The van der Waals surface area contributed by atoms with Gasteiger partial charge in [0.25, 0.3) is 0 Å². The molecule has 0 saturated heterocycles. The van der Waals surface area contributed by atoms with E-state index in [1.807, 2.05) is 49.4 Å². The normalized spacial score (nSPS) is 11.1. The van der Waals surface area contributed by atoms with Crippen LogP contribution in [0.25, 0.3) is 10.8 Å². The zero-order chi connectivity index (χ0) is 30.0. The molecule has 5 rings (SSSR count). The molecule has 0 unspecified atom stereocenters. The number of nitrogens with zero attached hydrogens (tertiary/aromatic N) is 4. The van der Waals surface area contributed by atoms with Crippen molar-refractivity contribution in [2.75, 3.05) is 5.32 Å². The van der Waals surface area contributed by atoms with Crippen LogP contribution < -0.4 is 74.9 Å². The van der Waals surface area contributed by atoms with Crippen LogP contribution in [0.15, 0.2) is 127 Å². The zero-order valence-corrected chi connectivity index (χ0v) is 29.9. The largest absolute Gasteiger partial charge is 1.00 e. The summed E-state index contributed by atoms with van der Waals surface area (Å²) in [6, 6.07) is 28.9. The van der Waals surface area contributed by atoms with Crippen LogP contribution >= 0.6 is 24.1 Å². The Kier molecular flexibility index (Phi) is 15.4. The average molecular weight is 662 g/mol. The number of para-hydroxylation sites is 1. The summed E-state index contributed by atoms with van der Waals surface area (Å²) >= 11 is 1.40. The van der Waals surface area contributed by atoms with Gasteiger partial charge in [0.1, 0.15) is 5.69 Å². The van der Waals surface area contributed by atoms with E-state index in [2.05, 4.69) is 44.5 Å². The van der Waals surface area contributed by atoms with E-state index in [1.165, 1.54) is 0 Å². The Balaban J connectivity index is 0.00000276. The van der Waals surface area contributed by atoms with Gasteiger partial charge in [-0.1, -0.05) is 18.2 Å². The third-order valence-electron chi connectivity index (χ3n) is 5.98. The van der Waals surface area contributed by atoms with Crippen molar-refractivity contribution in [2.24, 2.45) is 20.5 Å². The van der Waals surface area contributed by atoms with Crippen LogP contribution in [0.4, 0.5) is 34.1 Å². The number of fused-ring (bicyclic) bond motifs is 1. The summed E-state index contributed by atoms with van der Waals surface area (Å²) in [7, 11) is 0. The molecule has 0 spiro atoms. The Morgan fingerprint density at radius 2 is 1.38 bits per heavy atom. The Morgan fingerprint density at radius 3 is 2.09 bits per heavy atom. The molecule has 0 fully saturated rings. The first kappa shape index (κ1) is 37.1. The third kappa shape index (κ3) is 10.3. The van der Waals surface area contributed by atoms with Crippen molar-refractivity contribution < 1.29 is 93.5 Å². The molecule has 218 valence electrons. The van der Waals surface area contributed by atoms with Crippen LogP contribution in [-0.2, 0) is 18.7 Å². The SMILES string of the molecule is Cc1cc(N=Nc2ccc(SOO[O-])cc2)ccc1N=Nc1c(SOO[O-])cc2cc(Nc3ccccc3)ccc2c1O.[Na+].[Na+]. The van der Waals surface area contributed by atoms with Gasteiger partial charge in [-0.05, 0) is 96.7 Å². The van der Waals surface area contributed by atoms with Crippen molar-refractivity contribution in [1.82, 2.24) is 0 Å². The molecule has 0 amide bonds. The van der Waals surface area contributed by atoms with Gasteiger partial charge in [0.05, 0.1) is 46.0 Å². The van der Waals surface area contributed by atoms with Gasteiger partial charge in [-0.15, -0.1) is 5.11 Å². The van der Waals surface area contributed by atoms with Gasteiger partial charge in [0.2, 0.25) is 0 Å². The number of aryl methyl sites for hydroxylation is 1. The number of benzene rings is 5. The van der Waals surface area contributed by atoms with Crippen LogP contribution in [0.5, 0.6) is 5.75 Å². The minimum atomic E-state index is -0.135. The molecule has 0 aromatic heterocycles. The van der Waals surface area contributed by atoms with Crippen molar-refractivity contribution in [3.05, 3.63) is 103 Å². The number of azo groups is 2. The molecule has 0 saturated carbocycles. The molecule has 0 atom stereocenters. The number of nitrogens with one attached hydrogen (secondary N) is 1. The van der Waals surface area contributed by atoms with Crippen LogP contribution in [-0.4, -0.2) is 5.11 Å². The first-order chi connectivity index (χ1) is 21.0. The van der Waals surface area contributed by atoms with E-state index in [1.54, 1.807) is 54.6 Å². The summed E-state index contributed by atoms with van der Waals surface area (Å²) in [4.78, 5) is 0.984. The summed E-state index contributed by atoms with van der Waals surface area (Å²) in [5, 5.41) is 60.1. The topological polar surface area (TPSA) is 165 Å². The Labute approximate surface area is 310 Å². The predicted octanol–water partition coefficient (Wildman–Crippen LogP) is 1.90. The second-order valence-corrected chi connectivity index (χ2v) is 10.3. The molecule has 0 bridgehead atoms. The van der Waals surface area contributed by atoms with Crippen LogP contribution in [0, 0.1) is 6.92 Å². The van der Waals surface area contributed by atoms with Gasteiger partial charge in [0, 0.05) is 21.7 Å². The molecule has 0 aliphatic carbocycles. The molecular weight excluding hydrogens is 640 g/mol. The molecule has 5 aromatic carbocycles. The fraction of sp³-hybridized carbons (Fsp3) is 0.0345. The molecule has 45 heavy (non-hydrogen) atoms. The number of hydrogen-bond acceptors (Lipinski definition) is 14. The number of aromatic hydroxyl groups is 1. The summed E-state index contributed by atoms with van der Waals surface area (Å²) in [6.45, 7) is 1.84. The molecule has 12 nitrogen and oxygen atoms in total. The molecular formula is C29H21N5Na2O7S2. The van der Waals surface area contributed by atoms with Crippen molar-refractivity contribution in [3.8, 4) is 5.75 Å². The summed E-state index contributed by atoms with van der Waals surface area (Å²) < 4.78 is 8.83. The molecule has 0 radical (unpaired) electrons. The van der Waals surface area contributed by atoms with E-state index in [-0.39, 0.29) is 70.6 Å².